The summed E-state index contributed by atoms with van der Waals surface area (Å²) in [7, 11) is 0. The highest BCUT2D eigenvalue weighted by Gasteiger charge is 2.10. The molecule has 0 unspecified atom stereocenters. The van der Waals surface area contributed by atoms with Gasteiger partial charge in [0.2, 0.25) is 0 Å². The van der Waals surface area contributed by atoms with Crippen LogP contribution in [-0.2, 0) is 13.0 Å². The maximum absolute atomic E-state index is 10.9. The van der Waals surface area contributed by atoms with Gasteiger partial charge in [-0.25, -0.2) is 4.79 Å². The molecular weight excluding hydrogens is 334 g/mol. The number of nitrogens with one attached hydrogen (secondary N) is 1. The number of rotatable bonds is 6. The molecule has 0 aromatic carbocycles. The van der Waals surface area contributed by atoms with Gasteiger partial charge in [0.15, 0.2) is 0 Å². The lowest BCUT2D eigenvalue weighted by Crippen LogP contribution is -2.17. The molecule has 96 valence electrons. The van der Waals surface area contributed by atoms with Gasteiger partial charge < -0.3 is 10.4 Å². The Morgan fingerprint density at radius 1 is 1.39 bits per heavy atom. The van der Waals surface area contributed by atoms with E-state index in [1.807, 2.05) is 17.5 Å². The van der Waals surface area contributed by atoms with Crippen LogP contribution in [0.2, 0.25) is 0 Å². The standard InChI is InChI=1S/C12H12BrNO2S2/c13-10-2-1-9(18-10)3-5-14-7-8-4-6-17-11(8)12(15)16/h1-2,4,6,14H,3,5,7H2,(H,15,16). The number of hydrogen-bond donors (Lipinski definition) is 2. The van der Waals surface area contributed by atoms with Crippen molar-refractivity contribution < 1.29 is 9.90 Å². The van der Waals surface area contributed by atoms with Crippen molar-refractivity contribution >= 4 is 44.6 Å². The van der Waals surface area contributed by atoms with Crippen LogP contribution in [0.15, 0.2) is 27.4 Å². The van der Waals surface area contributed by atoms with Crippen LogP contribution in [0.5, 0.6) is 0 Å². The van der Waals surface area contributed by atoms with E-state index in [4.69, 9.17) is 5.11 Å². The highest BCUT2D eigenvalue weighted by Crippen LogP contribution is 2.22. The van der Waals surface area contributed by atoms with Crippen LogP contribution in [0.4, 0.5) is 0 Å². The first-order valence-electron chi connectivity index (χ1n) is 5.41. The lowest BCUT2D eigenvalue weighted by atomic mass is 10.2. The number of carboxylic acids is 1. The third-order valence-electron chi connectivity index (χ3n) is 2.43. The first kappa shape index (κ1) is 13.7. The van der Waals surface area contributed by atoms with E-state index in [2.05, 4.69) is 27.3 Å². The average molecular weight is 346 g/mol. The molecule has 18 heavy (non-hydrogen) atoms. The molecule has 0 aliphatic carbocycles. The minimum absolute atomic E-state index is 0.432. The molecule has 2 aromatic rings. The van der Waals surface area contributed by atoms with Crippen LogP contribution in [0.1, 0.15) is 20.1 Å². The number of halogens is 1. The molecule has 0 spiro atoms. The molecule has 6 heteroatoms. The second-order valence-electron chi connectivity index (χ2n) is 3.71. The summed E-state index contributed by atoms with van der Waals surface area (Å²) in [6.45, 7) is 1.46. The Balaban J connectivity index is 1.78. The lowest BCUT2D eigenvalue weighted by Gasteiger charge is -2.03. The number of carboxylic acid groups (broad SMARTS) is 1. The Kier molecular flexibility index (Phi) is 4.94. The summed E-state index contributed by atoms with van der Waals surface area (Å²) in [5.74, 6) is -0.844. The quantitative estimate of drug-likeness (QED) is 0.786. The van der Waals surface area contributed by atoms with Gasteiger partial charge in [0.25, 0.3) is 0 Å². The van der Waals surface area contributed by atoms with E-state index in [9.17, 15) is 4.79 Å². The topological polar surface area (TPSA) is 49.3 Å². The maximum Gasteiger partial charge on any atom is 0.346 e. The normalized spacial score (nSPS) is 10.7. The maximum atomic E-state index is 10.9. The van der Waals surface area contributed by atoms with E-state index >= 15 is 0 Å². The fourth-order valence-corrected chi connectivity index (χ4v) is 3.83. The molecule has 2 rings (SSSR count). The van der Waals surface area contributed by atoms with Gasteiger partial charge >= 0.3 is 5.97 Å². The van der Waals surface area contributed by atoms with E-state index in [1.54, 1.807) is 11.3 Å². The van der Waals surface area contributed by atoms with Gasteiger partial charge in [0.05, 0.1) is 3.79 Å². The van der Waals surface area contributed by atoms with Gasteiger partial charge in [0, 0.05) is 18.0 Å². The Morgan fingerprint density at radius 3 is 2.89 bits per heavy atom. The fraction of sp³-hybridized carbons (Fsp3) is 0.250. The van der Waals surface area contributed by atoms with E-state index in [1.165, 1.54) is 16.2 Å². The summed E-state index contributed by atoms with van der Waals surface area (Å²) in [5, 5.41) is 14.1. The van der Waals surface area contributed by atoms with E-state index in [0.717, 1.165) is 22.3 Å². The monoisotopic (exact) mass is 345 g/mol. The van der Waals surface area contributed by atoms with Crippen LogP contribution in [0.25, 0.3) is 0 Å². The molecule has 2 heterocycles. The molecule has 2 aromatic heterocycles. The van der Waals surface area contributed by atoms with E-state index in [0.29, 0.717) is 11.4 Å². The van der Waals surface area contributed by atoms with Crippen molar-refractivity contribution in [3.8, 4) is 0 Å². The highest BCUT2D eigenvalue weighted by molar-refractivity contribution is 9.11. The zero-order valence-corrected chi connectivity index (χ0v) is 12.7. The Morgan fingerprint density at radius 2 is 2.22 bits per heavy atom. The Labute approximate surface area is 122 Å². The number of thiophene rings is 2. The molecule has 2 N–H and O–H groups in total. The van der Waals surface area contributed by atoms with Crippen molar-refractivity contribution in [2.75, 3.05) is 6.54 Å². The van der Waals surface area contributed by atoms with Gasteiger partial charge in [-0.1, -0.05) is 0 Å². The molecule has 0 saturated carbocycles. The number of carbonyl (C=O) groups is 1. The van der Waals surface area contributed by atoms with Crippen molar-refractivity contribution in [1.29, 1.82) is 0 Å². The van der Waals surface area contributed by atoms with Crippen LogP contribution in [-0.4, -0.2) is 17.6 Å². The summed E-state index contributed by atoms with van der Waals surface area (Å²) >= 11 is 6.43. The van der Waals surface area contributed by atoms with Gasteiger partial charge in [-0.2, -0.15) is 0 Å². The molecule has 0 radical (unpaired) electrons. The first-order valence-corrected chi connectivity index (χ1v) is 7.90. The molecule has 0 fully saturated rings. The molecular formula is C12H12BrNO2S2. The summed E-state index contributed by atoms with van der Waals surface area (Å²) in [4.78, 5) is 12.7. The predicted octanol–water partition coefficient (Wildman–Crippen LogP) is 3.60. The third kappa shape index (κ3) is 3.65. The average Bonchev–Trinajstić information content (AvgIpc) is 2.93. The van der Waals surface area contributed by atoms with Gasteiger partial charge in [-0.3, -0.25) is 0 Å². The van der Waals surface area contributed by atoms with Crippen molar-refractivity contribution in [1.82, 2.24) is 5.32 Å². The minimum Gasteiger partial charge on any atom is -0.477 e. The van der Waals surface area contributed by atoms with E-state index < -0.39 is 5.97 Å². The molecule has 0 bridgehead atoms. The number of aromatic carboxylic acids is 1. The molecule has 0 aliphatic rings. The summed E-state index contributed by atoms with van der Waals surface area (Å²) in [6, 6.07) is 6.01. The molecule has 0 amide bonds. The Hall–Kier alpha value is -0.690. The van der Waals surface area contributed by atoms with Crippen molar-refractivity contribution in [3.63, 3.8) is 0 Å². The van der Waals surface area contributed by atoms with Crippen molar-refractivity contribution in [2.24, 2.45) is 0 Å². The van der Waals surface area contributed by atoms with Gasteiger partial charge in [-0.15, -0.1) is 22.7 Å². The number of hydrogen-bond acceptors (Lipinski definition) is 4. The van der Waals surface area contributed by atoms with Crippen molar-refractivity contribution in [3.05, 3.63) is 42.7 Å². The first-order chi connectivity index (χ1) is 8.66. The molecule has 0 atom stereocenters. The van der Waals surface area contributed by atoms with Crippen LogP contribution < -0.4 is 5.32 Å². The summed E-state index contributed by atoms with van der Waals surface area (Å²) in [5.41, 5.74) is 0.861. The zero-order chi connectivity index (χ0) is 13.0. The van der Waals surface area contributed by atoms with Crippen LogP contribution in [0.3, 0.4) is 0 Å². The zero-order valence-electron chi connectivity index (χ0n) is 9.48. The highest BCUT2D eigenvalue weighted by atomic mass is 79.9. The minimum atomic E-state index is -0.844. The SMILES string of the molecule is O=C(O)c1sccc1CNCCc1ccc(Br)s1. The van der Waals surface area contributed by atoms with Gasteiger partial charge in [-0.05, 0) is 51.5 Å². The molecule has 3 nitrogen and oxygen atoms in total. The summed E-state index contributed by atoms with van der Waals surface area (Å²) < 4.78 is 1.14. The van der Waals surface area contributed by atoms with Crippen LogP contribution >= 0.6 is 38.6 Å². The van der Waals surface area contributed by atoms with Crippen LogP contribution in [0, 0.1) is 0 Å². The Bertz CT molecular complexity index is 536. The molecule has 0 aliphatic heterocycles. The largest absolute Gasteiger partial charge is 0.477 e. The second-order valence-corrected chi connectivity index (χ2v) is 7.18. The predicted molar refractivity (Wildman–Crippen MR) is 78.7 cm³/mol. The smallest absolute Gasteiger partial charge is 0.346 e. The van der Waals surface area contributed by atoms with Gasteiger partial charge in [0.1, 0.15) is 4.88 Å². The second kappa shape index (κ2) is 6.47. The van der Waals surface area contributed by atoms with E-state index in [-0.39, 0.29) is 0 Å². The van der Waals surface area contributed by atoms with Crippen molar-refractivity contribution in [2.45, 2.75) is 13.0 Å². The lowest BCUT2D eigenvalue weighted by molar-refractivity contribution is 0.0701. The third-order valence-corrected chi connectivity index (χ3v) is 5.06. The fourth-order valence-electron chi connectivity index (χ4n) is 1.58. The molecule has 0 saturated heterocycles. The summed E-state index contributed by atoms with van der Waals surface area (Å²) in [6.07, 6.45) is 0.961.